The van der Waals surface area contributed by atoms with Gasteiger partial charge in [0.15, 0.2) is 0 Å². The van der Waals surface area contributed by atoms with Crippen LogP contribution in [0.25, 0.3) is 11.0 Å². The summed E-state index contributed by atoms with van der Waals surface area (Å²) >= 11 is 0. The molecule has 3 aromatic rings. The minimum Gasteiger partial charge on any atom is -0.485 e. The van der Waals surface area contributed by atoms with E-state index in [0.29, 0.717) is 23.4 Å². The lowest BCUT2D eigenvalue weighted by Gasteiger charge is -2.10. The summed E-state index contributed by atoms with van der Waals surface area (Å²) in [7, 11) is 0. The van der Waals surface area contributed by atoms with E-state index >= 15 is 0 Å². The predicted molar refractivity (Wildman–Crippen MR) is 85.9 cm³/mol. The molecule has 3 rings (SSSR count). The molecule has 24 heavy (non-hydrogen) atoms. The van der Waals surface area contributed by atoms with Crippen LogP contribution in [0.4, 0.5) is 13.2 Å². The average molecular weight is 334 g/mol. The largest absolute Gasteiger partial charge is 0.485 e. The van der Waals surface area contributed by atoms with Crippen LogP contribution >= 0.6 is 0 Å². The fraction of sp³-hybridized carbons (Fsp3) is 0.278. The summed E-state index contributed by atoms with van der Waals surface area (Å²) < 4.78 is 46.2. The van der Waals surface area contributed by atoms with Crippen LogP contribution in [0.15, 0.2) is 42.5 Å². The Hall–Kier alpha value is -2.50. The fourth-order valence-corrected chi connectivity index (χ4v) is 2.68. The number of hydrogen-bond acceptors (Lipinski definition) is 2. The molecule has 1 heterocycles. The standard InChI is InChI=1S/C18H17F3N2O/c1-3-23-15-9-8-13(18(19,20)21)10-14(15)22-17(23)11-24-16-7-5-4-6-12(16)2/h4-10H,3,11H2,1-2H3. The summed E-state index contributed by atoms with van der Waals surface area (Å²) in [6, 6.07) is 11.2. The van der Waals surface area contributed by atoms with Crippen molar-refractivity contribution in [1.29, 1.82) is 0 Å². The van der Waals surface area contributed by atoms with Gasteiger partial charge in [-0.25, -0.2) is 4.98 Å². The van der Waals surface area contributed by atoms with Crippen LogP contribution in [-0.4, -0.2) is 9.55 Å². The normalized spacial score (nSPS) is 11.9. The quantitative estimate of drug-likeness (QED) is 0.674. The van der Waals surface area contributed by atoms with E-state index in [9.17, 15) is 13.2 Å². The second kappa shape index (κ2) is 6.19. The van der Waals surface area contributed by atoms with Gasteiger partial charge in [-0.15, -0.1) is 0 Å². The van der Waals surface area contributed by atoms with Crippen LogP contribution in [-0.2, 0) is 19.3 Å². The SMILES string of the molecule is CCn1c(COc2ccccc2C)nc2cc(C(F)(F)F)ccc21. The molecule has 3 nitrogen and oxygen atoms in total. The molecule has 126 valence electrons. The Labute approximate surface area is 137 Å². The molecule has 6 heteroatoms. The third-order valence-electron chi connectivity index (χ3n) is 3.92. The highest BCUT2D eigenvalue weighted by Gasteiger charge is 2.31. The number of hydrogen-bond donors (Lipinski definition) is 0. The number of aromatic nitrogens is 2. The van der Waals surface area contributed by atoms with E-state index in [1.54, 1.807) is 0 Å². The molecule has 0 amide bonds. The molecular weight excluding hydrogens is 317 g/mol. The number of para-hydroxylation sites is 1. The van der Waals surface area contributed by atoms with Gasteiger partial charge in [-0.05, 0) is 43.7 Å². The predicted octanol–water partition coefficient (Wildman–Crippen LogP) is 4.96. The van der Waals surface area contributed by atoms with E-state index in [-0.39, 0.29) is 6.61 Å². The minimum absolute atomic E-state index is 0.203. The molecule has 0 aliphatic carbocycles. The monoisotopic (exact) mass is 334 g/mol. The fourth-order valence-electron chi connectivity index (χ4n) is 2.68. The number of benzene rings is 2. The number of fused-ring (bicyclic) bond motifs is 1. The van der Waals surface area contributed by atoms with E-state index in [4.69, 9.17) is 4.74 Å². The molecule has 0 saturated heterocycles. The Morgan fingerprint density at radius 1 is 1.12 bits per heavy atom. The van der Waals surface area contributed by atoms with Crippen LogP contribution in [0.1, 0.15) is 23.9 Å². The topological polar surface area (TPSA) is 27.1 Å². The molecule has 0 N–H and O–H groups in total. The summed E-state index contributed by atoms with van der Waals surface area (Å²) in [4.78, 5) is 4.34. The molecule has 0 aliphatic rings. The zero-order valence-electron chi connectivity index (χ0n) is 13.4. The summed E-state index contributed by atoms with van der Waals surface area (Å²) in [5.74, 6) is 1.35. The summed E-state index contributed by atoms with van der Waals surface area (Å²) in [5, 5.41) is 0. The van der Waals surface area contributed by atoms with Crippen molar-refractivity contribution in [1.82, 2.24) is 9.55 Å². The zero-order valence-corrected chi connectivity index (χ0v) is 13.4. The van der Waals surface area contributed by atoms with Gasteiger partial charge in [-0.3, -0.25) is 0 Å². The number of nitrogens with zero attached hydrogens (tertiary/aromatic N) is 2. The zero-order chi connectivity index (χ0) is 17.3. The van der Waals surface area contributed by atoms with E-state index in [1.165, 1.54) is 6.07 Å². The first-order chi connectivity index (χ1) is 11.4. The van der Waals surface area contributed by atoms with Crippen LogP contribution in [0.3, 0.4) is 0 Å². The molecule has 0 saturated carbocycles. The van der Waals surface area contributed by atoms with Gasteiger partial charge in [-0.1, -0.05) is 18.2 Å². The first-order valence-electron chi connectivity index (χ1n) is 7.65. The maximum atomic E-state index is 12.9. The Kier molecular flexibility index (Phi) is 4.22. The van der Waals surface area contributed by atoms with Crippen LogP contribution < -0.4 is 4.74 Å². The summed E-state index contributed by atoms with van der Waals surface area (Å²) in [5.41, 5.74) is 1.31. The number of ether oxygens (including phenoxy) is 1. The highest BCUT2D eigenvalue weighted by atomic mass is 19.4. The molecule has 0 fully saturated rings. The molecule has 0 aliphatic heterocycles. The molecular formula is C18H17F3N2O. The van der Waals surface area contributed by atoms with Crippen LogP contribution in [0.5, 0.6) is 5.75 Å². The van der Waals surface area contributed by atoms with E-state index in [0.717, 1.165) is 23.4 Å². The molecule has 2 aromatic carbocycles. The number of alkyl halides is 3. The highest BCUT2D eigenvalue weighted by molar-refractivity contribution is 5.77. The third kappa shape index (κ3) is 3.09. The lowest BCUT2D eigenvalue weighted by atomic mass is 10.2. The number of rotatable bonds is 4. The molecule has 0 spiro atoms. The van der Waals surface area contributed by atoms with Crippen LogP contribution in [0, 0.1) is 6.92 Å². The molecule has 0 bridgehead atoms. The maximum absolute atomic E-state index is 12.9. The summed E-state index contributed by atoms with van der Waals surface area (Å²) in [6.45, 7) is 4.67. The first kappa shape index (κ1) is 16.4. The van der Waals surface area contributed by atoms with Gasteiger partial charge in [0.1, 0.15) is 18.2 Å². The third-order valence-corrected chi connectivity index (χ3v) is 3.92. The lowest BCUT2D eigenvalue weighted by Crippen LogP contribution is -2.06. The van der Waals surface area contributed by atoms with Crippen molar-refractivity contribution in [2.45, 2.75) is 33.2 Å². The molecule has 0 unspecified atom stereocenters. The van der Waals surface area contributed by atoms with Gasteiger partial charge in [0.05, 0.1) is 16.6 Å². The smallest absolute Gasteiger partial charge is 0.416 e. The molecule has 0 atom stereocenters. The van der Waals surface area contributed by atoms with Gasteiger partial charge >= 0.3 is 6.18 Å². The summed E-state index contributed by atoms with van der Waals surface area (Å²) in [6.07, 6.45) is -4.37. The highest BCUT2D eigenvalue weighted by Crippen LogP contribution is 2.31. The van der Waals surface area contributed by atoms with Gasteiger partial charge in [-0.2, -0.15) is 13.2 Å². The van der Waals surface area contributed by atoms with Gasteiger partial charge in [0.25, 0.3) is 0 Å². The van der Waals surface area contributed by atoms with Crippen molar-refractivity contribution >= 4 is 11.0 Å². The molecule has 0 radical (unpaired) electrons. The van der Waals surface area contributed by atoms with Gasteiger partial charge in [0, 0.05) is 6.54 Å². The van der Waals surface area contributed by atoms with Crippen LogP contribution in [0.2, 0.25) is 0 Å². The Bertz CT molecular complexity index is 868. The van der Waals surface area contributed by atoms with Gasteiger partial charge in [0.2, 0.25) is 0 Å². The maximum Gasteiger partial charge on any atom is 0.416 e. The van der Waals surface area contributed by atoms with Crippen molar-refractivity contribution in [3.8, 4) is 5.75 Å². The van der Waals surface area contributed by atoms with Crippen molar-refractivity contribution < 1.29 is 17.9 Å². The number of imidazole rings is 1. The van der Waals surface area contributed by atoms with Crippen molar-refractivity contribution in [3.63, 3.8) is 0 Å². The van der Waals surface area contributed by atoms with E-state index in [1.807, 2.05) is 42.7 Å². The van der Waals surface area contributed by atoms with Gasteiger partial charge < -0.3 is 9.30 Å². The minimum atomic E-state index is -4.37. The first-order valence-corrected chi connectivity index (χ1v) is 7.65. The Morgan fingerprint density at radius 3 is 2.54 bits per heavy atom. The van der Waals surface area contributed by atoms with E-state index in [2.05, 4.69) is 4.98 Å². The van der Waals surface area contributed by atoms with Crippen molar-refractivity contribution in [2.75, 3.05) is 0 Å². The van der Waals surface area contributed by atoms with Crippen molar-refractivity contribution in [2.24, 2.45) is 0 Å². The number of aryl methyl sites for hydroxylation is 2. The second-order valence-corrected chi connectivity index (χ2v) is 5.53. The number of halogens is 3. The lowest BCUT2D eigenvalue weighted by molar-refractivity contribution is -0.137. The molecule has 1 aromatic heterocycles. The second-order valence-electron chi connectivity index (χ2n) is 5.53. The van der Waals surface area contributed by atoms with E-state index < -0.39 is 11.7 Å². The average Bonchev–Trinajstić information content (AvgIpc) is 2.89. The Morgan fingerprint density at radius 2 is 1.88 bits per heavy atom. The van der Waals surface area contributed by atoms with Crippen molar-refractivity contribution in [3.05, 3.63) is 59.4 Å². The Balaban J connectivity index is 1.94.